The monoisotopic (exact) mass is 321 g/mol. The molecule has 1 heterocycles. The summed E-state index contributed by atoms with van der Waals surface area (Å²) < 4.78 is 0. The molecule has 0 radical (unpaired) electrons. The quantitative estimate of drug-likeness (QED) is 0.632. The Kier molecular flexibility index (Phi) is 4.92. The average Bonchev–Trinajstić information content (AvgIpc) is 2.53. The van der Waals surface area contributed by atoms with Gasteiger partial charge in [-0.2, -0.15) is 0 Å². The molecule has 124 valence electrons. The number of nitrogens with one attached hydrogen (secondary N) is 1. The van der Waals surface area contributed by atoms with Gasteiger partial charge in [-0.05, 0) is 19.8 Å². The van der Waals surface area contributed by atoms with Gasteiger partial charge in [-0.15, -0.1) is 0 Å². The lowest BCUT2D eigenvalue weighted by atomic mass is 9.74. The van der Waals surface area contributed by atoms with E-state index in [0.717, 1.165) is 31.5 Å². The number of carbonyl (C=O) groups excluding carboxylic acids is 1. The molecule has 1 aliphatic rings. The highest BCUT2D eigenvalue weighted by Gasteiger charge is 2.39. The van der Waals surface area contributed by atoms with Crippen molar-refractivity contribution in [3.05, 3.63) is 33.6 Å². The minimum absolute atomic E-state index is 0.0172. The third-order valence-electron chi connectivity index (χ3n) is 4.38. The van der Waals surface area contributed by atoms with E-state index in [9.17, 15) is 24.8 Å². The predicted molar refractivity (Wildman–Crippen MR) is 81.1 cm³/mol. The van der Waals surface area contributed by atoms with Gasteiger partial charge in [0.05, 0.1) is 21.6 Å². The summed E-state index contributed by atoms with van der Waals surface area (Å²) in [6.45, 7) is 1.59. The summed E-state index contributed by atoms with van der Waals surface area (Å²) in [4.78, 5) is 37.9. The van der Waals surface area contributed by atoms with Gasteiger partial charge in [-0.3, -0.25) is 24.7 Å². The van der Waals surface area contributed by atoms with Crippen LogP contribution in [0.1, 0.15) is 48.2 Å². The highest BCUT2D eigenvalue weighted by molar-refractivity contribution is 5.96. The standard InChI is InChI=1S/C15H19N3O5/c1-10-12(7-11(8-16-10)18(22)23)13(19)17-9-15(14(20)21)5-3-2-4-6-15/h7-8H,2-6,9H2,1H3,(H,17,19)(H,20,21). The van der Waals surface area contributed by atoms with E-state index in [4.69, 9.17) is 0 Å². The highest BCUT2D eigenvalue weighted by Crippen LogP contribution is 2.36. The Morgan fingerprint density at radius 1 is 1.39 bits per heavy atom. The fraction of sp³-hybridized carbons (Fsp3) is 0.533. The van der Waals surface area contributed by atoms with Gasteiger partial charge in [0.1, 0.15) is 6.20 Å². The van der Waals surface area contributed by atoms with Gasteiger partial charge >= 0.3 is 5.97 Å². The molecule has 0 aliphatic heterocycles. The second-order valence-corrected chi connectivity index (χ2v) is 5.91. The molecule has 0 saturated heterocycles. The maximum atomic E-state index is 12.3. The molecule has 0 bridgehead atoms. The first-order chi connectivity index (χ1) is 10.9. The van der Waals surface area contributed by atoms with E-state index in [2.05, 4.69) is 10.3 Å². The lowest BCUT2D eigenvalue weighted by Crippen LogP contribution is -2.44. The Labute approximate surface area is 133 Å². The average molecular weight is 321 g/mol. The summed E-state index contributed by atoms with van der Waals surface area (Å²) in [7, 11) is 0. The van der Waals surface area contributed by atoms with Gasteiger partial charge in [-0.25, -0.2) is 0 Å². The molecular formula is C15H19N3O5. The first-order valence-electron chi connectivity index (χ1n) is 7.48. The Morgan fingerprint density at radius 3 is 2.61 bits per heavy atom. The van der Waals surface area contributed by atoms with Gasteiger partial charge in [0.2, 0.25) is 0 Å². The summed E-state index contributed by atoms with van der Waals surface area (Å²) in [6, 6.07) is 1.16. The zero-order valence-corrected chi connectivity index (χ0v) is 12.9. The summed E-state index contributed by atoms with van der Waals surface area (Å²) in [5, 5.41) is 22.9. The van der Waals surface area contributed by atoms with Gasteiger partial charge in [0.25, 0.3) is 11.6 Å². The maximum absolute atomic E-state index is 12.3. The van der Waals surface area contributed by atoms with Crippen molar-refractivity contribution in [2.45, 2.75) is 39.0 Å². The topological polar surface area (TPSA) is 122 Å². The third-order valence-corrected chi connectivity index (χ3v) is 4.38. The zero-order chi connectivity index (χ0) is 17.0. The molecule has 1 aromatic rings. The number of aliphatic carboxylic acids is 1. The molecule has 8 heteroatoms. The number of carboxylic acids is 1. The van der Waals surface area contributed by atoms with Crippen LogP contribution in [-0.2, 0) is 4.79 Å². The molecule has 0 aromatic carbocycles. The number of aryl methyl sites for hydroxylation is 1. The van der Waals surface area contributed by atoms with Crippen molar-refractivity contribution in [1.82, 2.24) is 10.3 Å². The highest BCUT2D eigenvalue weighted by atomic mass is 16.6. The Balaban J connectivity index is 2.14. The molecule has 1 amide bonds. The summed E-state index contributed by atoms with van der Waals surface area (Å²) in [6.07, 6.45) is 4.77. The Hall–Kier alpha value is -2.51. The van der Waals surface area contributed by atoms with E-state index in [0.29, 0.717) is 18.5 Å². The van der Waals surface area contributed by atoms with Crippen LogP contribution in [0.2, 0.25) is 0 Å². The normalized spacial score (nSPS) is 16.6. The SMILES string of the molecule is Cc1ncc([N+](=O)[O-])cc1C(=O)NCC1(C(=O)O)CCCCC1. The minimum atomic E-state index is -0.948. The van der Waals surface area contributed by atoms with Gasteiger partial charge in [0, 0.05) is 12.6 Å². The largest absolute Gasteiger partial charge is 0.481 e. The molecule has 0 spiro atoms. The number of carboxylic acid groups (broad SMARTS) is 1. The molecule has 8 nitrogen and oxygen atoms in total. The second-order valence-electron chi connectivity index (χ2n) is 5.91. The predicted octanol–water partition coefficient (Wildman–Crippen LogP) is 2.06. The minimum Gasteiger partial charge on any atom is -0.481 e. The first kappa shape index (κ1) is 16.9. The number of hydrogen-bond donors (Lipinski definition) is 2. The van der Waals surface area contributed by atoms with Crippen LogP contribution in [0.15, 0.2) is 12.3 Å². The van der Waals surface area contributed by atoms with Crippen molar-refractivity contribution in [3.63, 3.8) is 0 Å². The molecule has 1 fully saturated rings. The third kappa shape index (κ3) is 3.64. The van der Waals surface area contributed by atoms with Crippen molar-refractivity contribution in [2.75, 3.05) is 6.54 Å². The van der Waals surface area contributed by atoms with E-state index in [-0.39, 0.29) is 17.8 Å². The molecule has 1 aliphatic carbocycles. The number of rotatable bonds is 5. The number of nitrogens with zero attached hydrogens (tertiary/aromatic N) is 2. The fourth-order valence-electron chi connectivity index (χ4n) is 2.89. The fourth-order valence-corrected chi connectivity index (χ4v) is 2.89. The zero-order valence-electron chi connectivity index (χ0n) is 12.9. The number of amides is 1. The van der Waals surface area contributed by atoms with Gasteiger partial charge < -0.3 is 10.4 Å². The smallest absolute Gasteiger partial charge is 0.311 e. The Bertz CT molecular complexity index is 638. The van der Waals surface area contributed by atoms with Crippen LogP contribution in [0.5, 0.6) is 0 Å². The molecule has 0 atom stereocenters. The lowest BCUT2D eigenvalue weighted by molar-refractivity contribution is -0.385. The van der Waals surface area contributed by atoms with Crippen LogP contribution in [0.3, 0.4) is 0 Å². The van der Waals surface area contributed by atoms with Crippen LogP contribution < -0.4 is 5.32 Å². The van der Waals surface area contributed by atoms with Gasteiger partial charge in [0.15, 0.2) is 0 Å². The van der Waals surface area contributed by atoms with Crippen molar-refractivity contribution in [2.24, 2.45) is 5.41 Å². The molecule has 2 N–H and O–H groups in total. The maximum Gasteiger partial charge on any atom is 0.311 e. The molecule has 1 saturated carbocycles. The lowest BCUT2D eigenvalue weighted by Gasteiger charge is -2.33. The van der Waals surface area contributed by atoms with E-state index < -0.39 is 22.2 Å². The van der Waals surface area contributed by atoms with Crippen molar-refractivity contribution < 1.29 is 19.6 Å². The van der Waals surface area contributed by atoms with Crippen LogP contribution in [0.4, 0.5) is 5.69 Å². The molecule has 0 unspecified atom stereocenters. The van der Waals surface area contributed by atoms with Crippen molar-refractivity contribution in [1.29, 1.82) is 0 Å². The number of hydrogen-bond acceptors (Lipinski definition) is 5. The first-order valence-corrected chi connectivity index (χ1v) is 7.48. The van der Waals surface area contributed by atoms with E-state index in [1.807, 2.05) is 0 Å². The molecule has 2 rings (SSSR count). The van der Waals surface area contributed by atoms with Crippen molar-refractivity contribution in [3.8, 4) is 0 Å². The Morgan fingerprint density at radius 2 is 2.04 bits per heavy atom. The molecule has 1 aromatic heterocycles. The molecular weight excluding hydrogens is 302 g/mol. The number of aromatic nitrogens is 1. The van der Waals surface area contributed by atoms with Crippen LogP contribution in [0.25, 0.3) is 0 Å². The summed E-state index contributed by atoms with van der Waals surface area (Å²) >= 11 is 0. The van der Waals surface area contributed by atoms with E-state index >= 15 is 0 Å². The van der Waals surface area contributed by atoms with Crippen molar-refractivity contribution >= 4 is 17.6 Å². The second kappa shape index (κ2) is 6.72. The van der Waals surface area contributed by atoms with E-state index in [1.54, 1.807) is 6.92 Å². The van der Waals surface area contributed by atoms with Gasteiger partial charge in [-0.1, -0.05) is 19.3 Å². The molecule has 23 heavy (non-hydrogen) atoms. The summed E-state index contributed by atoms with van der Waals surface area (Å²) in [5.74, 6) is -1.45. The number of carbonyl (C=O) groups is 2. The van der Waals surface area contributed by atoms with E-state index in [1.165, 1.54) is 0 Å². The van der Waals surface area contributed by atoms with Crippen LogP contribution in [0, 0.1) is 22.5 Å². The number of pyridine rings is 1. The number of nitro groups is 1. The van der Waals surface area contributed by atoms with Crippen LogP contribution in [-0.4, -0.2) is 33.4 Å². The summed E-state index contributed by atoms with van der Waals surface area (Å²) in [5.41, 5.74) is -0.765. The van der Waals surface area contributed by atoms with Crippen LogP contribution >= 0.6 is 0 Å².